The lowest BCUT2D eigenvalue weighted by atomic mass is 9.64. The Bertz CT molecular complexity index is 5770. The highest BCUT2D eigenvalue weighted by Gasteiger charge is 2.54. The summed E-state index contributed by atoms with van der Waals surface area (Å²) in [4.78, 5) is 5.14. The second-order valence-corrected chi connectivity index (χ2v) is 26.4. The molecular weight excluding hydrogens is 1170 g/mol. The number of nitrogens with zero attached hydrogens (tertiary/aromatic N) is 3. The summed E-state index contributed by atoms with van der Waals surface area (Å²) in [5.41, 5.74) is 31.4. The van der Waals surface area contributed by atoms with Crippen molar-refractivity contribution in [3.05, 3.63) is 402 Å². The minimum Gasteiger partial charge on any atom is -0.309 e. The van der Waals surface area contributed by atoms with Crippen LogP contribution in [-0.4, -0.2) is 4.57 Å². The molecule has 16 aromatic carbocycles. The zero-order valence-electron chi connectivity index (χ0n) is 52.9. The van der Waals surface area contributed by atoms with E-state index in [0.29, 0.717) is 0 Å². The SMILES string of the molecule is c1ccc(N2c3ccccc3C3(c4ccccc4-c4ccccc43)c3cccc(-c4cccc5c(-c6cccc7c8ccccc8n(-c8ccccc8)c67)c6cccc(-c7cccc8c7N(c7ccccc7)c7ccccc7C87c8ccccc8-c8ccccc87)c6cc45)c32)cc1. The van der Waals surface area contributed by atoms with Gasteiger partial charge in [-0.1, -0.05) is 297 Å². The number of rotatable bonds is 6. The van der Waals surface area contributed by atoms with Gasteiger partial charge in [0.1, 0.15) is 0 Å². The van der Waals surface area contributed by atoms with Gasteiger partial charge in [-0.2, -0.15) is 0 Å². The van der Waals surface area contributed by atoms with Gasteiger partial charge in [-0.05, 0) is 166 Å². The van der Waals surface area contributed by atoms with Crippen LogP contribution in [0.25, 0.3) is 105 Å². The number of aromatic nitrogens is 1. The fraction of sp³-hybridized carbons (Fsp3) is 0.0213. The van der Waals surface area contributed by atoms with E-state index in [-0.39, 0.29) is 0 Å². The van der Waals surface area contributed by atoms with Crippen LogP contribution >= 0.6 is 0 Å². The molecule has 450 valence electrons. The van der Waals surface area contributed by atoms with E-state index in [2.05, 4.69) is 372 Å². The second kappa shape index (κ2) is 20.5. The van der Waals surface area contributed by atoms with Crippen LogP contribution in [0.5, 0.6) is 0 Å². The molecule has 1 aromatic heterocycles. The monoisotopic (exact) mass is 1230 g/mol. The van der Waals surface area contributed by atoms with Crippen LogP contribution in [0, 0.1) is 0 Å². The minimum absolute atomic E-state index is 0.635. The molecule has 3 nitrogen and oxygen atoms in total. The van der Waals surface area contributed by atoms with Gasteiger partial charge < -0.3 is 14.4 Å². The van der Waals surface area contributed by atoms with E-state index in [0.717, 1.165) is 50.7 Å². The molecule has 17 aromatic rings. The third-order valence-corrected chi connectivity index (χ3v) is 22.0. The van der Waals surface area contributed by atoms with Crippen LogP contribution < -0.4 is 9.80 Å². The number of fused-ring (bicyclic) bond motifs is 23. The number of hydrogen-bond donors (Lipinski definition) is 0. The molecule has 2 aliphatic carbocycles. The van der Waals surface area contributed by atoms with E-state index in [1.54, 1.807) is 0 Å². The topological polar surface area (TPSA) is 11.4 Å². The third kappa shape index (κ3) is 7.14. The molecule has 0 bridgehead atoms. The minimum atomic E-state index is -0.635. The van der Waals surface area contributed by atoms with E-state index >= 15 is 0 Å². The zero-order chi connectivity index (χ0) is 63.5. The molecule has 0 saturated carbocycles. The first-order valence-electron chi connectivity index (χ1n) is 33.8. The smallest absolute Gasteiger partial charge is 0.0754 e. The molecule has 97 heavy (non-hydrogen) atoms. The van der Waals surface area contributed by atoms with Gasteiger partial charge in [0.15, 0.2) is 0 Å². The molecule has 3 heterocycles. The van der Waals surface area contributed by atoms with Crippen molar-refractivity contribution in [2.24, 2.45) is 0 Å². The average Bonchev–Trinajstić information content (AvgIpc) is 1.61. The molecule has 0 amide bonds. The van der Waals surface area contributed by atoms with Crippen LogP contribution in [-0.2, 0) is 10.8 Å². The van der Waals surface area contributed by atoms with E-state index in [4.69, 9.17) is 0 Å². The summed E-state index contributed by atoms with van der Waals surface area (Å²) in [5, 5.41) is 7.13. The fourth-order valence-corrected chi connectivity index (χ4v) is 18.4. The van der Waals surface area contributed by atoms with Crippen LogP contribution in [0.3, 0.4) is 0 Å². The highest BCUT2D eigenvalue weighted by Crippen LogP contribution is 2.67. The van der Waals surface area contributed by atoms with E-state index in [9.17, 15) is 0 Å². The molecule has 2 aliphatic heterocycles. The Kier molecular flexibility index (Phi) is 11.4. The van der Waals surface area contributed by atoms with Gasteiger partial charge in [0.05, 0.1) is 44.6 Å². The Morgan fingerprint density at radius 2 is 0.515 bits per heavy atom. The van der Waals surface area contributed by atoms with Crippen LogP contribution in [0.15, 0.2) is 358 Å². The van der Waals surface area contributed by atoms with Crippen molar-refractivity contribution < 1.29 is 0 Å². The molecule has 0 fully saturated rings. The predicted octanol–water partition coefficient (Wildman–Crippen LogP) is 24.4. The van der Waals surface area contributed by atoms with E-state index in [1.807, 2.05) is 0 Å². The van der Waals surface area contributed by atoms with Gasteiger partial charge in [-0.3, -0.25) is 0 Å². The van der Waals surface area contributed by atoms with Gasteiger partial charge in [0.2, 0.25) is 0 Å². The van der Waals surface area contributed by atoms with Crippen molar-refractivity contribution in [1.29, 1.82) is 0 Å². The van der Waals surface area contributed by atoms with Crippen LogP contribution in [0.2, 0.25) is 0 Å². The molecule has 0 N–H and O–H groups in total. The molecule has 4 aliphatic rings. The van der Waals surface area contributed by atoms with Crippen molar-refractivity contribution in [3.8, 4) is 61.3 Å². The van der Waals surface area contributed by atoms with Crippen molar-refractivity contribution in [2.45, 2.75) is 10.8 Å². The largest absolute Gasteiger partial charge is 0.309 e. The Morgan fingerprint density at radius 1 is 0.196 bits per heavy atom. The lowest BCUT2D eigenvalue weighted by Gasteiger charge is -2.46. The summed E-state index contributed by atoms with van der Waals surface area (Å²) in [5.74, 6) is 0. The first-order chi connectivity index (χ1) is 48.2. The maximum atomic E-state index is 2.57. The maximum Gasteiger partial charge on any atom is 0.0754 e. The highest BCUT2D eigenvalue weighted by atomic mass is 15.2. The van der Waals surface area contributed by atoms with Crippen LogP contribution in [0.4, 0.5) is 34.1 Å². The Balaban J connectivity index is 0.923. The third-order valence-electron chi connectivity index (χ3n) is 22.0. The first kappa shape index (κ1) is 53.9. The highest BCUT2D eigenvalue weighted by molar-refractivity contribution is 6.25. The van der Waals surface area contributed by atoms with Gasteiger partial charge in [0.25, 0.3) is 0 Å². The summed E-state index contributed by atoms with van der Waals surface area (Å²) >= 11 is 0. The number of anilines is 6. The summed E-state index contributed by atoms with van der Waals surface area (Å²) < 4.78 is 2.51. The molecule has 0 radical (unpaired) electrons. The number of hydrogen-bond acceptors (Lipinski definition) is 2. The summed E-state index contributed by atoms with van der Waals surface area (Å²) in [6.07, 6.45) is 0. The summed E-state index contributed by atoms with van der Waals surface area (Å²) in [7, 11) is 0. The number of benzene rings is 16. The Morgan fingerprint density at radius 3 is 0.979 bits per heavy atom. The second-order valence-electron chi connectivity index (χ2n) is 26.4. The molecule has 0 atom stereocenters. The predicted molar refractivity (Wildman–Crippen MR) is 403 cm³/mol. The van der Waals surface area contributed by atoms with E-state index < -0.39 is 10.8 Å². The Labute approximate surface area is 562 Å². The first-order valence-corrected chi connectivity index (χ1v) is 33.8. The summed E-state index contributed by atoms with van der Waals surface area (Å²) in [6.45, 7) is 0. The summed E-state index contributed by atoms with van der Waals surface area (Å²) in [6, 6.07) is 135. The lowest BCUT2D eigenvalue weighted by Crippen LogP contribution is -2.36. The van der Waals surface area contributed by atoms with Crippen molar-refractivity contribution >= 4 is 77.5 Å². The van der Waals surface area contributed by atoms with Crippen LogP contribution in [0.1, 0.15) is 44.5 Å². The zero-order valence-corrected chi connectivity index (χ0v) is 52.9. The maximum absolute atomic E-state index is 2.57. The average molecular weight is 1230 g/mol. The van der Waals surface area contributed by atoms with Gasteiger partial charge >= 0.3 is 0 Å². The normalized spacial score (nSPS) is 13.9. The van der Waals surface area contributed by atoms with E-state index in [1.165, 1.54) is 133 Å². The molecule has 0 unspecified atom stereocenters. The molecular formula is C94H59N3. The standard InChI is InChI=1S/C94H59N3/c1-4-29-60(30-5-1)95-86-56-21-14-39-69(86)74-44-26-47-75(90(74)95)89-70-42-24-40-63(72-45-27-54-84-91(72)96(61-31-6-2-7-32-61)87-57-22-19-52-82(87)93(84)78-48-15-10-35-65(78)66-36-11-16-49-79(66)93)76(70)59-77-64(41-25-43-71(77)89)73-46-28-55-85-92(73)97(62-33-8-3-9-34-62)88-58-23-20-53-83(88)94(85)80-50-17-12-37-67(80)68-38-13-18-51-81(68)94/h1-59H. The molecule has 21 rings (SSSR count). The molecule has 0 saturated heterocycles. The van der Waals surface area contributed by atoms with Gasteiger partial charge in [-0.15, -0.1) is 0 Å². The molecule has 3 heteroatoms. The van der Waals surface area contributed by atoms with Gasteiger partial charge in [0, 0.05) is 44.5 Å². The quantitative estimate of drug-likeness (QED) is 0.154. The lowest BCUT2D eigenvalue weighted by molar-refractivity contribution is 0.753. The van der Waals surface area contributed by atoms with Gasteiger partial charge in [-0.25, -0.2) is 0 Å². The van der Waals surface area contributed by atoms with Crippen molar-refractivity contribution in [1.82, 2.24) is 4.57 Å². The van der Waals surface area contributed by atoms with Crippen molar-refractivity contribution in [2.75, 3.05) is 9.80 Å². The fourth-order valence-electron chi connectivity index (χ4n) is 18.4. The molecule has 2 spiro atoms. The van der Waals surface area contributed by atoms with Crippen molar-refractivity contribution in [3.63, 3.8) is 0 Å². The number of para-hydroxylation sites is 9. The Hall–Kier alpha value is -12.6.